The molecule has 0 atom stereocenters. The molecule has 1 nitrogen and oxygen atoms in total. The van der Waals surface area contributed by atoms with Gasteiger partial charge in [0.05, 0.1) is 5.69 Å². The molecule has 36 heavy (non-hydrogen) atoms. The maximum absolute atomic E-state index is 2.41. The summed E-state index contributed by atoms with van der Waals surface area (Å²) in [7, 11) is 0. The first-order chi connectivity index (χ1) is 17.6. The summed E-state index contributed by atoms with van der Waals surface area (Å²) in [6, 6.07) is 44.0. The second-order valence-electron chi connectivity index (χ2n) is 9.62. The third kappa shape index (κ3) is 3.74. The molecule has 0 spiro atoms. The number of fused-ring (bicyclic) bond motifs is 2. The molecule has 0 saturated heterocycles. The quantitative estimate of drug-likeness (QED) is 0.251. The van der Waals surface area contributed by atoms with Gasteiger partial charge in [-0.25, -0.2) is 0 Å². The molecular weight excluding hydrogens is 434 g/mol. The third-order valence-corrected chi connectivity index (χ3v) is 7.16. The lowest BCUT2D eigenvalue weighted by Gasteiger charge is -2.30. The molecule has 0 unspecified atom stereocenters. The minimum absolute atomic E-state index is 1.15. The van der Waals surface area contributed by atoms with Crippen molar-refractivity contribution in [2.24, 2.45) is 0 Å². The van der Waals surface area contributed by atoms with E-state index < -0.39 is 0 Å². The molecule has 0 N–H and O–H groups in total. The fourth-order valence-corrected chi connectivity index (χ4v) is 5.45. The summed E-state index contributed by atoms with van der Waals surface area (Å²) in [5, 5.41) is 5.14. The Morgan fingerprint density at radius 2 is 1.06 bits per heavy atom. The van der Waals surface area contributed by atoms with E-state index in [1.54, 1.807) is 0 Å². The Labute approximate surface area is 213 Å². The van der Waals surface area contributed by atoms with Crippen LogP contribution in [0.1, 0.15) is 16.7 Å². The molecule has 0 amide bonds. The molecule has 0 bridgehead atoms. The van der Waals surface area contributed by atoms with Gasteiger partial charge < -0.3 is 4.90 Å². The van der Waals surface area contributed by atoms with E-state index in [0.29, 0.717) is 0 Å². The van der Waals surface area contributed by atoms with Gasteiger partial charge in [0.15, 0.2) is 0 Å². The number of nitrogens with zero attached hydrogens (tertiary/aromatic N) is 1. The van der Waals surface area contributed by atoms with Crippen LogP contribution in [0.4, 0.5) is 17.1 Å². The van der Waals surface area contributed by atoms with E-state index in [1.807, 2.05) is 0 Å². The van der Waals surface area contributed by atoms with Gasteiger partial charge in [-0.2, -0.15) is 0 Å². The number of benzene rings is 6. The Kier molecular flexibility index (Phi) is 5.54. The van der Waals surface area contributed by atoms with Crippen molar-refractivity contribution in [1.29, 1.82) is 0 Å². The smallest absolute Gasteiger partial charge is 0.0549 e. The number of hydrogen-bond donors (Lipinski definition) is 0. The van der Waals surface area contributed by atoms with Gasteiger partial charge in [-0.05, 0) is 94.9 Å². The van der Waals surface area contributed by atoms with Crippen molar-refractivity contribution in [3.05, 3.63) is 138 Å². The van der Waals surface area contributed by atoms with Crippen LogP contribution in [0, 0.1) is 20.8 Å². The van der Waals surface area contributed by atoms with Crippen LogP contribution in [0.3, 0.4) is 0 Å². The number of para-hydroxylation sites is 1. The molecule has 6 rings (SSSR count). The fraction of sp³-hybridized carbons (Fsp3) is 0.0857. The van der Waals surface area contributed by atoms with Crippen LogP contribution in [0.15, 0.2) is 121 Å². The summed E-state index contributed by atoms with van der Waals surface area (Å²) in [6.07, 6.45) is 0. The van der Waals surface area contributed by atoms with Crippen molar-refractivity contribution < 1.29 is 0 Å². The van der Waals surface area contributed by atoms with E-state index in [4.69, 9.17) is 0 Å². The van der Waals surface area contributed by atoms with Crippen LogP contribution >= 0.6 is 0 Å². The van der Waals surface area contributed by atoms with Gasteiger partial charge in [-0.15, -0.1) is 0 Å². The minimum atomic E-state index is 1.15. The molecule has 6 aromatic carbocycles. The second-order valence-corrected chi connectivity index (χ2v) is 9.62. The van der Waals surface area contributed by atoms with Crippen molar-refractivity contribution in [1.82, 2.24) is 0 Å². The van der Waals surface area contributed by atoms with Gasteiger partial charge in [0.1, 0.15) is 0 Å². The fourth-order valence-electron chi connectivity index (χ4n) is 5.45. The maximum Gasteiger partial charge on any atom is 0.0549 e. The van der Waals surface area contributed by atoms with Crippen molar-refractivity contribution in [3.8, 4) is 11.1 Å². The van der Waals surface area contributed by atoms with Gasteiger partial charge in [0, 0.05) is 16.9 Å². The van der Waals surface area contributed by atoms with Crippen molar-refractivity contribution in [3.63, 3.8) is 0 Å². The maximum atomic E-state index is 2.41. The first kappa shape index (κ1) is 22.1. The van der Waals surface area contributed by atoms with E-state index in [0.717, 1.165) is 11.4 Å². The van der Waals surface area contributed by atoms with E-state index in [9.17, 15) is 0 Å². The number of hydrogen-bond acceptors (Lipinski definition) is 1. The zero-order valence-electron chi connectivity index (χ0n) is 21.0. The molecule has 0 aromatic heterocycles. The highest BCUT2D eigenvalue weighted by Crippen LogP contribution is 2.47. The molecule has 174 valence electrons. The van der Waals surface area contributed by atoms with Gasteiger partial charge in [0.25, 0.3) is 0 Å². The molecule has 0 saturated carbocycles. The molecule has 0 aliphatic carbocycles. The third-order valence-electron chi connectivity index (χ3n) is 7.16. The summed E-state index contributed by atoms with van der Waals surface area (Å²) >= 11 is 0. The van der Waals surface area contributed by atoms with Gasteiger partial charge in [-0.3, -0.25) is 0 Å². The van der Waals surface area contributed by atoms with E-state index in [-0.39, 0.29) is 0 Å². The Morgan fingerprint density at radius 3 is 1.86 bits per heavy atom. The van der Waals surface area contributed by atoms with Crippen LogP contribution in [0.5, 0.6) is 0 Å². The Hall–Kier alpha value is -4.36. The normalized spacial score (nSPS) is 11.2. The predicted molar refractivity (Wildman–Crippen MR) is 156 cm³/mol. The largest absolute Gasteiger partial charge is 0.310 e. The van der Waals surface area contributed by atoms with Crippen LogP contribution in [-0.2, 0) is 0 Å². The first-order valence-corrected chi connectivity index (χ1v) is 12.5. The monoisotopic (exact) mass is 463 g/mol. The summed E-state index contributed by atoms with van der Waals surface area (Å²) < 4.78 is 0. The standard InChI is InChI=1S/C35H29N/c1-24-12-9-16-28(22-24)36(27-14-5-4-6-15-27)34-23-26(3)30-17-7-8-18-32(30)35(34)33-21-11-19-29-25(2)13-10-20-31(29)33/h4-23H,1-3H3. The highest BCUT2D eigenvalue weighted by Gasteiger charge is 2.21. The highest BCUT2D eigenvalue weighted by atomic mass is 15.1. The number of aryl methyl sites for hydroxylation is 3. The van der Waals surface area contributed by atoms with Crippen LogP contribution in [-0.4, -0.2) is 0 Å². The molecule has 0 aliphatic heterocycles. The van der Waals surface area contributed by atoms with Crippen molar-refractivity contribution >= 4 is 38.6 Å². The molecule has 1 heteroatoms. The molecule has 0 radical (unpaired) electrons. The van der Waals surface area contributed by atoms with Crippen LogP contribution in [0.25, 0.3) is 32.7 Å². The lowest BCUT2D eigenvalue weighted by molar-refractivity contribution is 1.27. The molecule has 6 aromatic rings. The molecule has 0 heterocycles. The summed E-state index contributed by atoms with van der Waals surface area (Å²) in [5.74, 6) is 0. The van der Waals surface area contributed by atoms with Crippen LogP contribution in [0.2, 0.25) is 0 Å². The summed E-state index contributed by atoms with van der Waals surface area (Å²) in [4.78, 5) is 2.41. The first-order valence-electron chi connectivity index (χ1n) is 12.5. The number of anilines is 3. The van der Waals surface area contributed by atoms with Crippen molar-refractivity contribution in [2.45, 2.75) is 20.8 Å². The predicted octanol–water partition coefficient (Wildman–Crippen LogP) is 10.1. The summed E-state index contributed by atoms with van der Waals surface area (Å²) in [5.41, 5.74) is 9.84. The highest BCUT2D eigenvalue weighted by molar-refractivity contribution is 6.12. The SMILES string of the molecule is Cc1cccc(N(c2ccccc2)c2cc(C)c3ccccc3c2-c2cccc3c(C)cccc23)c1. The zero-order valence-corrected chi connectivity index (χ0v) is 21.0. The van der Waals surface area contributed by atoms with E-state index >= 15 is 0 Å². The van der Waals surface area contributed by atoms with Crippen molar-refractivity contribution in [2.75, 3.05) is 4.90 Å². The van der Waals surface area contributed by atoms with Gasteiger partial charge >= 0.3 is 0 Å². The second kappa shape index (κ2) is 9.02. The average molecular weight is 464 g/mol. The number of rotatable bonds is 4. The lowest BCUT2D eigenvalue weighted by atomic mass is 9.89. The minimum Gasteiger partial charge on any atom is -0.310 e. The van der Waals surface area contributed by atoms with Gasteiger partial charge in [-0.1, -0.05) is 91.0 Å². The average Bonchev–Trinajstić information content (AvgIpc) is 2.90. The van der Waals surface area contributed by atoms with Gasteiger partial charge in [0.2, 0.25) is 0 Å². The molecule has 0 aliphatic rings. The Bertz CT molecular complexity index is 1710. The summed E-state index contributed by atoms with van der Waals surface area (Å²) in [6.45, 7) is 6.58. The zero-order chi connectivity index (χ0) is 24.6. The van der Waals surface area contributed by atoms with E-state index in [1.165, 1.54) is 55.0 Å². The molecular formula is C35H29N. The topological polar surface area (TPSA) is 3.24 Å². The molecule has 0 fully saturated rings. The Balaban J connectivity index is 1.77. The Morgan fingerprint density at radius 1 is 0.444 bits per heavy atom. The lowest BCUT2D eigenvalue weighted by Crippen LogP contribution is -2.12. The van der Waals surface area contributed by atoms with Crippen LogP contribution < -0.4 is 4.90 Å². The van der Waals surface area contributed by atoms with E-state index in [2.05, 4.69) is 147 Å².